The van der Waals surface area contributed by atoms with Gasteiger partial charge in [0, 0.05) is 31.6 Å². The van der Waals surface area contributed by atoms with Crippen molar-refractivity contribution in [2.45, 2.75) is 63.8 Å². The van der Waals surface area contributed by atoms with Gasteiger partial charge in [0.05, 0.1) is 0 Å². The lowest BCUT2D eigenvalue weighted by Gasteiger charge is -2.16. The summed E-state index contributed by atoms with van der Waals surface area (Å²) in [6.07, 6.45) is 9.20. The number of carboxylic acids is 1. The first-order chi connectivity index (χ1) is 12.0. The van der Waals surface area contributed by atoms with E-state index in [2.05, 4.69) is 0 Å². The van der Waals surface area contributed by atoms with Gasteiger partial charge in [-0.3, -0.25) is 9.59 Å². The van der Waals surface area contributed by atoms with Crippen LogP contribution in [0, 0.1) is 0 Å². The lowest BCUT2D eigenvalue weighted by atomic mass is 9.97. The largest absolute Gasteiger partial charge is 0.481 e. The minimum atomic E-state index is -0.760. The number of nitrogens with two attached hydrogens (primary N) is 1. The van der Waals surface area contributed by atoms with Crippen LogP contribution in [0.5, 0.6) is 0 Å². The van der Waals surface area contributed by atoms with E-state index in [-0.39, 0.29) is 12.3 Å². The molecule has 1 fully saturated rings. The molecule has 0 atom stereocenters. The van der Waals surface area contributed by atoms with Gasteiger partial charge in [0.2, 0.25) is 0 Å². The molecule has 0 unspecified atom stereocenters. The number of hydrogen-bond donors (Lipinski definition) is 2. The van der Waals surface area contributed by atoms with Crippen molar-refractivity contribution in [2.75, 3.05) is 13.6 Å². The highest BCUT2D eigenvalue weighted by Gasteiger charge is 2.10. The van der Waals surface area contributed by atoms with Crippen molar-refractivity contribution in [1.82, 2.24) is 4.90 Å². The Balaban J connectivity index is 0.000000370. The van der Waals surface area contributed by atoms with Crippen LogP contribution in [0.1, 0.15) is 68.1 Å². The van der Waals surface area contributed by atoms with E-state index < -0.39 is 5.97 Å². The Bertz CT molecular complexity index is 499. The molecule has 1 aliphatic carbocycles. The lowest BCUT2D eigenvalue weighted by molar-refractivity contribution is -0.137. The van der Waals surface area contributed by atoms with Gasteiger partial charge < -0.3 is 15.7 Å². The average Bonchev–Trinajstić information content (AvgIpc) is 2.62. The highest BCUT2D eigenvalue weighted by atomic mass is 16.4. The van der Waals surface area contributed by atoms with Crippen LogP contribution in [0.3, 0.4) is 0 Å². The maximum atomic E-state index is 11.9. The zero-order chi connectivity index (χ0) is 18.5. The Hall–Kier alpha value is -1.88. The second-order valence-corrected chi connectivity index (χ2v) is 6.70. The van der Waals surface area contributed by atoms with E-state index in [0.717, 1.165) is 12.8 Å². The van der Waals surface area contributed by atoms with E-state index in [0.29, 0.717) is 24.6 Å². The monoisotopic (exact) mass is 348 g/mol. The fourth-order valence-corrected chi connectivity index (χ4v) is 2.84. The maximum Gasteiger partial charge on any atom is 0.303 e. The molecule has 5 heteroatoms. The Morgan fingerprint density at radius 3 is 2.24 bits per heavy atom. The first kappa shape index (κ1) is 21.2. The smallest absolute Gasteiger partial charge is 0.303 e. The molecule has 1 amide bonds. The highest BCUT2D eigenvalue weighted by molar-refractivity contribution is 5.93. The summed E-state index contributed by atoms with van der Waals surface area (Å²) in [4.78, 5) is 24.0. The number of carboxylic acid groups (broad SMARTS) is 1. The summed E-state index contributed by atoms with van der Waals surface area (Å²) in [7, 11) is 1.77. The Morgan fingerprint density at radius 2 is 1.72 bits per heavy atom. The van der Waals surface area contributed by atoms with Crippen LogP contribution in [-0.4, -0.2) is 41.5 Å². The second-order valence-electron chi connectivity index (χ2n) is 6.70. The van der Waals surface area contributed by atoms with Crippen molar-refractivity contribution in [3.63, 3.8) is 0 Å². The van der Waals surface area contributed by atoms with Crippen molar-refractivity contribution in [3.8, 4) is 0 Å². The fourth-order valence-electron chi connectivity index (χ4n) is 2.84. The highest BCUT2D eigenvalue weighted by Crippen LogP contribution is 2.14. The lowest BCUT2D eigenvalue weighted by Crippen LogP contribution is -2.27. The Labute approximate surface area is 151 Å². The fraction of sp³-hybridized carbons (Fsp3) is 0.600. The van der Waals surface area contributed by atoms with Crippen molar-refractivity contribution in [2.24, 2.45) is 5.73 Å². The number of unbranched alkanes of at least 4 members (excludes halogenated alkanes) is 2. The summed E-state index contributed by atoms with van der Waals surface area (Å²) in [5.41, 5.74) is 6.32. The van der Waals surface area contributed by atoms with Crippen molar-refractivity contribution >= 4 is 11.9 Å². The molecule has 0 bridgehead atoms. The summed E-state index contributed by atoms with van der Waals surface area (Å²) in [5, 5.41) is 8.49. The van der Waals surface area contributed by atoms with Crippen LogP contribution < -0.4 is 5.73 Å². The average molecular weight is 348 g/mol. The number of aliphatic carboxylic acids is 1. The number of carbonyl (C=O) groups excluding carboxylic acids is 1. The predicted octanol–water partition coefficient (Wildman–Crippen LogP) is 3.68. The topological polar surface area (TPSA) is 83.6 Å². The third-order valence-electron chi connectivity index (χ3n) is 4.40. The van der Waals surface area contributed by atoms with Crippen LogP contribution in [0.15, 0.2) is 30.3 Å². The number of carbonyl (C=O) groups is 2. The van der Waals surface area contributed by atoms with Gasteiger partial charge in [-0.25, -0.2) is 0 Å². The van der Waals surface area contributed by atoms with Crippen molar-refractivity contribution in [3.05, 3.63) is 35.9 Å². The normalized spacial score (nSPS) is 14.3. The van der Waals surface area contributed by atoms with Gasteiger partial charge in [-0.2, -0.15) is 0 Å². The molecule has 5 nitrogen and oxygen atoms in total. The standard InChI is InChI=1S/C14H19NO3.C6H13N/c1-15(11-7-3-6-10-13(16)17)14(18)12-8-4-2-5-9-12;7-6-4-2-1-3-5-6/h2,4-5,8-9H,3,6-7,10-11H2,1H3,(H,16,17);6H,1-5,7H2. The molecule has 1 aromatic carbocycles. The first-order valence-corrected chi connectivity index (χ1v) is 9.28. The molecule has 0 saturated heterocycles. The second kappa shape index (κ2) is 12.5. The number of rotatable bonds is 7. The zero-order valence-corrected chi connectivity index (χ0v) is 15.3. The summed E-state index contributed by atoms with van der Waals surface area (Å²) in [5.74, 6) is -0.752. The summed E-state index contributed by atoms with van der Waals surface area (Å²) in [6, 6.07) is 9.69. The van der Waals surface area contributed by atoms with Crippen LogP contribution in [-0.2, 0) is 4.79 Å². The third-order valence-corrected chi connectivity index (χ3v) is 4.40. The predicted molar refractivity (Wildman–Crippen MR) is 101 cm³/mol. The van der Waals surface area contributed by atoms with Gasteiger partial charge in [-0.15, -0.1) is 0 Å². The third kappa shape index (κ3) is 9.87. The molecule has 1 aromatic rings. The van der Waals surface area contributed by atoms with Crippen LogP contribution in [0.4, 0.5) is 0 Å². The van der Waals surface area contributed by atoms with Crippen LogP contribution in [0.25, 0.3) is 0 Å². The molecule has 0 radical (unpaired) electrons. The molecule has 1 aliphatic rings. The molecule has 1 saturated carbocycles. The summed E-state index contributed by atoms with van der Waals surface area (Å²) < 4.78 is 0. The molecular formula is C20H32N2O3. The molecule has 3 N–H and O–H groups in total. The van der Waals surface area contributed by atoms with E-state index in [4.69, 9.17) is 10.8 Å². The van der Waals surface area contributed by atoms with E-state index in [1.807, 2.05) is 18.2 Å². The maximum absolute atomic E-state index is 11.9. The Kier molecular flexibility index (Phi) is 10.6. The van der Waals surface area contributed by atoms with Crippen molar-refractivity contribution < 1.29 is 14.7 Å². The quantitative estimate of drug-likeness (QED) is 0.736. The van der Waals surface area contributed by atoms with E-state index in [1.54, 1.807) is 24.1 Å². The van der Waals surface area contributed by atoms with Gasteiger partial charge in [-0.1, -0.05) is 43.9 Å². The van der Waals surface area contributed by atoms with E-state index >= 15 is 0 Å². The van der Waals surface area contributed by atoms with Gasteiger partial charge >= 0.3 is 5.97 Å². The number of hydrogen-bond acceptors (Lipinski definition) is 3. The minimum absolute atomic E-state index is 0.00818. The molecule has 140 valence electrons. The number of amides is 1. The molecule has 0 heterocycles. The van der Waals surface area contributed by atoms with Crippen molar-refractivity contribution in [1.29, 1.82) is 0 Å². The van der Waals surface area contributed by atoms with Crippen LogP contribution in [0.2, 0.25) is 0 Å². The van der Waals surface area contributed by atoms with Gasteiger partial charge in [0.1, 0.15) is 0 Å². The molecule has 2 rings (SSSR count). The molecular weight excluding hydrogens is 316 g/mol. The number of nitrogens with zero attached hydrogens (tertiary/aromatic N) is 1. The summed E-state index contributed by atoms with van der Waals surface area (Å²) in [6.45, 7) is 0.660. The van der Waals surface area contributed by atoms with E-state index in [9.17, 15) is 9.59 Å². The minimum Gasteiger partial charge on any atom is -0.481 e. The SMILES string of the molecule is CN(CCCCCC(=O)O)C(=O)c1ccccc1.NC1CCCCC1. The molecule has 0 aliphatic heterocycles. The molecule has 0 aromatic heterocycles. The molecule has 0 spiro atoms. The summed E-state index contributed by atoms with van der Waals surface area (Å²) >= 11 is 0. The Morgan fingerprint density at radius 1 is 1.08 bits per heavy atom. The number of benzene rings is 1. The first-order valence-electron chi connectivity index (χ1n) is 9.28. The zero-order valence-electron chi connectivity index (χ0n) is 15.3. The van der Waals surface area contributed by atoms with Gasteiger partial charge in [-0.05, 0) is 37.8 Å². The van der Waals surface area contributed by atoms with E-state index in [1.165, 1.54) is 32.1 Å². The van der Waals surface area contributed by atoms with Crippen LogP contribution >= 0.6 is 0 Å². The van der Waals surface area contributed by atoms with Gasteiger partial charge in [0.15, 0.2) is 0 Å². The molecule has 25 heavy (non-hydrogen) atoms. The van der Waals surface area contributed by atoms with Gasteiger partial charge in [0.25, 0.3) is 5.91 Å².